The number of pyridine rings is 1. The predicted molar refractivity (Wildman–Crippen MR) is 137 cm³/mol. The monoisotopic (exact) mass is 464 g/mol. The normalized spacial score (nSPS) is 10.9. The molecule has 7 heteroatoms. The van der Waals surface area contributed by atoms with Gasteiger partial charge in [0.05, 0.1) is 18.5 Å². The van der Waals surface area contributed by atoms with E-state index in [1.807, 2.05) is 67.6 Å². The van der Waals surface area contributed by atoms with Crippen molar-refractivity contribution in [3.8, 4) is 22.6 Å². The van der Waals surface area contributed by atoms with Gasteiger partial charge in [0.2, 0.25) is 5.91 Å². The molecule has 0 saturated heterocycles. The Morgan fingerprint density at radius 3 is 2.26 bits per heavy atom. The number of carbonyl (C=O) groups is 1. The van der Waals surface area contributed by atoms with Crippen LogP contribution in [-0.4, -0.2) is 27.4 Å². The number of ether oxygens (including phenoxy) is 1. The van der Waals surface area contributed by atoms with Gasteiger partial charge in [-0.1, -0.05) is 48.5 Å². The van der Waals surface area contributed by atoms with Gasteiger partial charge in [0.15, 0.2) is 0 Å². The fourth-order valence-corrected chi connectivity index (χ4v) is 4.22. The SMILES string of the molecule is COc1ccc(NC(=O)Cn2c(=O)cc(-c3ccccc3)c3c(C)nn(-c4ccccc4)c32)cc1. The Kier molecular flexibility index (Phi) is 5.89. The van der Waals surface area contributed by atoms with E-state index in [9.17, 15) is 9.59 Å². The minimum absolute atomic E-state index is 0.158. The van der Waals surface area contributed by atoms with Crippen LogP contribution in [0.25, 0.3) is 27.8 Å². The standard InChI is InChI=1S/C28H24N4O3/c1-19-27-24(20-9-5-3-6-10-20)17-26(34)31(28(27)32(30-19)22-11-7-4-8-12-22)18-25(33)29-21-13-15-23(35-2)16-14-21/h3-17H,18H2,1-2H3,(H,29,33). The van der Waals surface area contributed by atoms with E-state index in [4.69, 9.17) is 9.84 Å². The van der Waals surface area contributed by atoms with E-state index in [2.05, 4.69) is 5.32 Å². The van der Waals surface area contributed by atoms with Crippen molar-refractivity contribution in [3.05, 3.63) is 107 Å². The summed E-state index contributed by atoms with van der Waals surface area (Å²) in [5, 5.41) is 8.46. The molecular weight excluding hydrogens is 440 g/mol. The molecule has 2 heterocycles. The van der Waals surface area contributed by atoms with Gasteiger partial charge in [0, 0.05) is 17.1 Å². The first-order chi connectivity index (χ1) is 17.0. The molecule has 0 bridgehead atoms. The number of amides is 1. The number of hydrogen-bond acceptors (Lipinski definition) is 4. The largest absolute Gasteiger partial charge is 0.497 e. The third kappa shape index (κ3) is 4.31. The molecule has 7 nitrogen and oxygen atoms in total. The van der Waals surface area contributed by atoms with Crippen molar-refractivity contribution in [1.82, 2.24) is 14.3 Å². The number of para-hydroxylation sites is 1. The van der Waals surface area contributed by atoms with Crippen molar-refractivity contribution in [2.45, 2.75) is 13.5 Å². The molecule has 3 aromatic carbocycles. The molecule has 1 N–H and O–H groups in total. The zero-order chi connectivity index (χ0) is 24.4. The number of hydrogen-bond donors (Lipinski definition) is 1. The Balaban J connectivity index is 1.64. The van der Waals surface area contributed by atoms with Crippen LogP contribution in [0.3, 0.4) is 0 Å². The summed E-state index contributed by atoms with van der Waals surface area (Å²) >= 11 is 0. The van der Waals surface area contributed by atoms with Gasteiger partial charge >= 0.3 is 0 Å². The van der Waals surface area contributed by atoms with Crippen LogP contribution in [0, 0.1) is 6.92 Å². The quantitative estimate of drug-likeness (QED) is 0.391. The van der Waals surface area contributed by atoms with Crippen LogP contribution >= 0.6 is 0 Å². The lowest BCUT2D eigenvalue weighted by Gasteiger charge is -2.14. The van der Waals surface area contributed by atoms with E-state index in [0.29, 0.717) is 17.1 Å². The highest BCUT2D eigenvalue weighted by molar-refractivity contribution is 5.97. The number of aromatic nitrogens is 3. The van der Waals surface area contributed by atoms with Crippen molar-refractivity contribution in [3.63, 3.8) is 0 Å². The number of aryl methyl sites for hydroxylation is 1. The van der Waals surface area contributed by atoms with Gasteiger partial charge in [0.1, 0.15) is 17.9 Å². The van der Waals surface area contributed by atoms with E-state index in [-0.39, 0.29) is 18.0 Å². The predicted octanol–water partition coefficient (Wildman–Crippen LogP) is 4.81. The van der Waals surface area contributed by atoms with Crippen LogP contribution in [0.4, 0.5) is 5.69 Å². The molecule has 0 atom stereocenters. The summed E-state index contributed by atoms with van der Waals surface area (Å²) < 4.78 is 8.39. The number of fused-ring (bicyclic) bond motifs is 1. The lowest BCUT2D eigenvalue weighted by atomic mass is 10.0. The minimum Gasteiger partial charge on any atom is -0.497 e. The third-order valence-corrected chi connectivity index (χ3v) is 5.86. The topological polar surface area (TPSA) is 78.2 Å². The van der Waals surface area contributed by atoms with Crippen LogP contribution in [-0.2, 0) is 11.3 Å². The van der Waals surface area contributed by atoms with E-state index in [1.165, 1.54) is 4.57 Å². The summed E-state index contributed by atoms with van der Waals surface area (Å²) in [6.07, 6.45) is 0. The number of benzene rings is 3. The fourth-order valence-electron chi connectivity index (χ4n) is 4.22. The Labute approximate surface area is 202 Å². The van der Waals surface area contributed by atoms with Gasteiger partial charge < -0.3 is 10.1 Å². The molecule has 5 rings (SSSR count). The molecule has 5 aromatic rings. The number of nitrogens with one attached hydrogen (secondary N) is 1. The van der Waals surface area contributed by atoms with Gasteiger partial charge in [-0.15, -0.1) is 0 Å². The van der Waals surface area contributed by atoms with Gasteiger partial charge in [-0.05, 0) is 54.4 Å². The molecule has 2 aromatic heterocycles. The summed E-state index contributed by atoms with van der Waals surface area (Å²) in [6, 6.07) is 28.0. The molecule has 35 heavy (non-hydrogen) atoms. The number of nitrogens with zero attached hydrogens (tertiary/aromatic N) is 3. The molecule has 0 fully saturated rings. The number of anilines is 1. The Bertz CT molecular complexity index is 1550. The molecule has 0 unspecified atom stereocenters. The summed E-state index contributed by atoms with van der Waals surface area (Å²) in [4.78, 5) is 26.4. The lowest BCUT2D eigenvalue weighted by molar-refractivity contribution is -0.116. The maximum atomic E-state index is 13.4. The zero-order valence-electron chi connectivity index (χ0n) is 19.4. The molecule has 0 aliphatic carbocycles. The Hall–Kier alpha value is -4.65. The van der Waals surface area contributed by atoms with Crippen LogP contribution < -0.4 is 15.6 Å². The Morgan fingerprint density at radius 1 is 0.943 bits per heavy atom. The molecule has 0 radical (unpaired) electrons. The molecule has 174 valence electrons. The van der Waals surface area contributed by atoms with Gasteiger partial charge in [0.25, 0.3) is 5.56 Å². The van der Waals surface area contributed by atoms with Crippen LogP contribution in [0.2, 0.25) is 0 Å². The Morgan fingerprint density at radius 2 is 1.60 bits per heavy atom. The molecule has 0 aliphatic heterocycles. The number of carbonyl (C=O) groups excluding carboxylic acids is 1. The van der Waals surface area contributed by atoms with Crippen molar-refractivity contribution in [2.75, 3.05) is 12.4 Å². The molecular formula is C28H24N4O3. The van der Waals surface area contributed by atoms with Crippen LogP contribution in [0.1, 0.15) is 5.69 Å². The van der Waals surface area contributed by atoms with Crippen LogP contribution in [0.15, 0.2) is 95.8 Å². The van der Waals surface area contributed by atoms with Crippen molar-refractivity contribution in [2.24, 2.45) is 0 Å². The molecule has 0 aliphatic rings. The summed E-state index contributed by atoms with van der Waals surface area (Å²) in [5.74, 6) is 0.379. The van der Waals surface area contributed by atoms with E-state index >= 15 is 0 Å². The van der Waals surface area contributed by atoms with Gasteiger partial charge in [-0.25, -0.2) is 4.68 Å². The third-order valence-electron chi connectivity index (χ3n) is 5.86. The first-order valence-corrected chi connectivity index (χ1v) is 11.2. The molecule has 0 spiro atoms. The lowest BCUT2D eigenvalue weighted by Crippen LogP contribution is -2.28. The highest BCUT2D eigenvalue weighted by Gasteiger charge is 2.21. The first-order valence-electron chi connectivity index (χ1n) is 11.2. The number of methoxy groups -OCH3 is 1. The zero-order valence-corrected chi connectivity index (χ0v) is 19.4. The average Bonchev–Trinajstić information content (AvgIpc) is 3.24. The minimum atomic E-state index is -0.315. The molecule has 0 saturated carbocycles. The van der Waals surface area contributed by atoms with Crippen molar-refractivity contribution in [1.29, 1.82) is 0 Å². The summed E-state index contributed by atoms with van der Waals surface area (Å²) in [7, 11) is 1.59. The second kappa shape index (κ2) is 9.30. The van der Waals surface area contributed by atoms with Gasteiger partial charge in [-0.2, -0.15) is 5.10 Å². The highest BCUT2D eigenvalue weighted by Crippen LogP contribution is 2.31. The van der Waals surface area contributed by atoms with E-state index in [0.717, 1.165) is 27.9 Å². The number of rotatable bonds is 6. The fraction of sp³-hybridized carbons (Fsp3) is 0.107. The smallest absolute Gasteiger partial charge is 0.253 e. The summed E-state index contributed by atoms with van der Waals surface area (Å²) in [6.45, 7) is 1.76. The van der Waals surface area contributed by atoms with E-state index in [1.54, 1.807) is 42.1 Å². The highest BCUT2D eigenvalue weighted by atomic mass is 16.5. The van der Waals surface area contributed by atoms with Crippen molar-refractivity contribution < 1.29 is 9.53 Å². The average molecular weight is 465 g/mol. The first kappa shape index (κ1) is 22.2. The van der Waals surface area contributed by atoms with Crippen molar-refractivity contribution >= 4 is 22.6 Å². The van der Waals surface area contributed by atoms with Gasteiger partial charge in [-0.3, -0.25) is 14.2 Å². The molecule has 1 amide bonds. The van der Waals surface area contributed by atoms with E-state index < -0.39 is 0 Å². The second-order valence-corrected chi connectivity index (χ2v) is 8.16. The maximum Gasteiger partial charge on any atom is 0.253 e. The van der Waals surface area contributed by atoms with Crippen LogP contribution in [0.5, 0.6) is 5.75 Å². The summed E-state index contributed by atoms with van der Waals surface area (Å²) in [5.41, 5.74) is 4.20. The maximum absolute atomic E-state index is 13.4. The second-order valence-electron chi connectivity index (χ2n) is 8.16.